The lowest BCUT2D eigenvalue weighted by atomic mass is 10.0. The van der Waals surface area contributed by atoms with E-state index in [0.717, 1.165) is 19.3 Å². The van der Waals surface area contributed by atoms with E-state index in [0.29, 0.717) is 36.1 Å². The topological polar surface area (TPSA) is 82.1 Å². The molecule has 1 saturated carbocycles. The highest BCUT2D eigenvalue weighted by atomic mass is 19.1. The number of hydrogen-bond donors (Lipinski definition) is 4. The van der Waals surface area contributed by atoms with Gasteiger partial charge in [0.25, 0.3) is 0 Å². The molecule has 6 nitrogen and oxygen atoms in total. The van der Waals surface area contributed by atoms with E-state index in [-0.39, 0.29) is 11.7 Å². The van der Waals surface area contributed by atoms with Gasteiger partial charge in [-0.2, -0.15) is 0 Å². The van der Waals surface area contributed by atoms with E-state index in [1.54, 1.807) is 19.4 Å². The highest BCUT2D eigenvalue weighted by Gasteiger charge is 2.26. The molecule has 0 saturated heterocycles. The number of aromatic nitrogens is 1. The third kappa shape index (κ3) is 5.88. The van der Waals surface area contributed by atoms with Gasteiger partial charge in [-0.3, -0.25) is 4.98 Å². The van der Waals surface area contributed by atoms with Crippen molar-refractivity contribution in [1.82, 2.24) is 21.1 Å². The van der Waals surface area contributed by atoms with Crippen LogP contribution in [0.1, 0.15) is 38.8 Å². The molecule has 1 aromatic rings. The fourth-order valence-electron chi connectivity index (χ4n) is 2.59. The first-order valence-electron chi connectivity index (χ1n) is 8.71. The number of pyridine rings is 1. The molecule has 25 heavy (non-hydrogen) atoms. The molecule has 1 aromatic heterocycles. The molecule has 1 fully saturated rings. The number of nitrogens with zero attached hydrogens (tertiary/aromatic N) is 1. The molecule has 0 radical (unpaired) electrons. The summed E-state index contributed by atoms with van der Waals surface area (Å²) in [6.45, 7) is 5.12. The van der Waals surface area contributed by atoms with E-state index < -0.39 is 5.82 Å². The van der Waals surface area contributed by atoms with Gasteiger partial charge in [0.2, 0.25) is 0 Å². The average molecular weight is 349 g/mol. The summed E-state index contributed by atoms with van der Waals surface area (Å²) < 4.78 is 14.3. The Morgan fingerprint density at radius 1 is 1.44 bits per heavy atom. The van der Waals surface area contributed by atoms with Crippen LogP contribution in [0.3, 0.4) is 0 Å². The van der Waals surface area contributed by atoms with Crippen LogP contribution in [0.5, 0.6) is 0 Å². The number of rotatable bonds is 11. The number of hydrogen-bond acceptors (Lipinski definition) is 6. The number of halogens is 1. The predicted molar refractivity (Wildman–Crippen MR) is 97.8 cm³/mol. The number of hydroxylamine groups is 1. The van der Waals surface area contributed by atoms with E-state index in [1.165, 1.54) is 6.07 Å². The first kappa shape index (κ1) is 19.5. The molecule has 2 rings (SSSR count). The van der Waals surface area contributed by atoms with Crippen molar-refractivity contribution in [3.8, 4) is 0 Å². The van der Waals surface area contributed by atoms with E-state index in [4.69, 9.17) is 10.2 Å². The van der Waals surface area contributed by atoms with Crippen LogP contribution in [0.2, 0.25) is 0 Å². The lowest BCUT2D eigenvalue weighted by molar-refractivity contribution is 0.0912. The Bertz CT molecular complexity index is 615. The third-order valence-corrected chi connectivity index (χ3v) is 4.17. The van der Waals surface area contributed by atoms with Crippen molar-refractivity contribution in [2.45, 2.75) is 45.2 Å². The van der Waals surface area contributed by atoms with E-state index in [1.807, 2.05) is 13.8 Å². The minimum atomic E-state index is -0.394. The highest BCUT2D eigenvalue weighted by molar-refractivity contribution is 6.06. The second kappa shape index (κ2) is 9.60. The molecule has 0 amide bonds. The predicted octanol–water partition coefficient (Wildman–Crippen LogP) is 2.24. The molecule has 0 bridgehead atoms. The van der Waals surface area contributed by atoms with Crippen molar-refractivity contribution >= 4 is 11.4 Å². The normalized spacial score (nSPS) is 16.3. The van der Waals surface area contributed by atoms with E-state index >= 15 is 0 Å². The van der Waals surface area contributed by atoms with Crippen LogP contribution < -0.4 is 16.1 Å². The molecule has 1 heterocycles. The third-order valence-electron chi connectivity index (χ3n) is 4.17. The molecule has 0 spiro atoms. The molecule has 1 unspecified atom stereocenters. The van der Waals surface area contributed by atoms with Crippen molar-refractivity contribution < 1.29 is 9.23 Å². The van der Waals surface area contributed by atoms with Gasteiger partial charge in [0.05, 0.1) is 18.5 Å². The summed E-state index contributed by atoms with van der Waals surface area (Å²) in [5.74, 6) is -0.394. The number of nitrogens with one attached hydrogen (secondary N) is 4. The molecule has 0 aliphatic heterocycles. The summed E-state index contributed by atoms with van der Waals surface area (Å²) in [4.78, 5) is 8.99. The maximum absolute atomic E-state index is 14.3. The van der Waals surface area contributed by atoms with Gasteiger partial charge in [0.1, 0.15) is 5.69 Å². The van der Waals surface area contributed by atoms with Gasteiger partial charge in [-0.1, -0.05) is 0 Å². The van der Waals surface area contributed by atoms with Crippen LogP contribution in [0.4, 0.5) is 4.39 Å². The quantitative estimate of drug-likeness (QED) is 0.280. The van der Waals surface area contributed by atoms with Gasteiger partial charge in [0.15, 0.2) is 5.82 Å². The average Bonchev–Trinajstić information content (AvgIpc) is 3.42. The Morgan fingerprint density at radius 2 is 2.20 bits per heavy atom. The van der Waals surface area contributed by atoms with Gasteiger partial charge in [-0.05, 0) is 50.8 Å². The fourth-order valence-corrected chi connectivity index (χ4v) is 2.59. The van der Waals surface area contributed by atoms with Crippen molar-refractivity contribution in [2.75, 3.05) is 20.2 Å². The Labute approximate surface area is 148 Å². The minimum Gasteiger partial charge on any atom is -0.383 e. The Kier molecular flexibility index (Phi) is 7.49. The lowest BCUT2D eigenvalue weighted by Gasteiger charge is -2.20. The molecule has 1 aliphatic carbocycles. The maximum atomic E-state index is 14.3. The molecular formula is C18H28FN5O. The van der Waals surface area contributed by atoms with Crippen LogP contribution >= 0.6 is 0 Å². The minimum absolute atomic E-state index is 0.0776. The molecule has 7 heteroatoms. The first-order valence-corrected chi connectivity index (χ1v) is 8.71. The summed E-state index contributed by atoms with van der Waals surface area (Å²) in [7, 11) is 1.57. The van der Waals surface area contributed by atoms with Crippen LogP contribution in [-0.4, -0.2) is 43.0 Å². The molecular weight excluding hydrogens is 321 g/mol. The van der Waals surface area contributed by atoms with Gasteiger partial charge >= 0.3 is 0 Å². The van der Waals surface area contributed by atoms with Crippen LogP contribution in [0.25, 0.3) is 5.70 Å². The molecule has 0 aromatic carbocycles. The van der Waals surface area contributed by atoms with Gasteiger partial charge < -0.3 is 20.9 Å². The summed E-state index contributed by atoms with van der Waals surface area (Å²) in [5.41, 5.74) is 4.76. The molecule has 1 aliphatic rings. The Balaban J connectivity index is 2.16. The van der Waals surface area contributed by atoms with Crippen molar-refractivity contribution in [1.29, 1.82) is 5.41 Å². The van der Waals surface area contributed by atoms with Gasteiger partial charge in [-0.15, -0.1) is 0 Å². The maximum Gasteiger partial charge on any atom is 0.150 e. The van der Waals surface area contributed by atoms with Gasteiger partial charge in [-0.25, -0.2) is 9.87 Å². The summed E-state index contributed by atoms with van der Waals surface area (Å²) in [5, 5.41) is 15.1. The van der Waals surface area contributed by atoms with Crippen molar-refractivity contribution in [3.05, 3.63) is 35.4 Å². The van der Waals surface area contributed by atoms with Crippen molar-refractivity contribution in [3.63, 3.8) is 0 Å². The Hall–Kier alpha value is -1.83. The molecule has 138 valence electrons. The lowest BCUT2D eigenvalue weighted by Crippen LogP contribution is -2.36. The monoisotopic (exact) mass is 349 g/mol. The second-order valence-electron chi connectivity index (χ2n) is 6.29. The standard InChI is InChI=1S/C18H28FN5O/c1-12(16(20)13(2)24-14-7-8-14)17(21-10-5-11-23-25-3)18-15(19)6-4-9-22-18/h4,6,9,13-14,20-21,23-24H,5,7-8,10-11H2,1-3H3/b17-12-,20-16?. The van der Waals surface area contributed by atoms with Crippen LogP contribution in [0.15, 0.2) is 23.9 Å². The van der Waals surface area contributed by atoms with E-state index in [9.17, 15) is 4.39 Å². The molecule has 4 N–H and O–H groups in total. The van der Waals surface area contributed by atoms with Gasteiger partial charge in [0, 0.05) is 31.4 Å². The zero-order valence-electron chi connectivity index (χ0n) is 15.2. The summed E-state index contributed by atoms with van der Waals surface area (Å²) in [6, 6.07) is 3.38. The zero-order valence-corrected chi connectivity index (χ0v) is 15.2. The SMILES string of the molecule is CONCCCN/C(=C(/C)C(=N)C(C)NC1CC1)c1ncccc1F. The zero-order chi connectivity index (χ0) is 18.2. The smallest absolute Gasteiger partial charge is 0.150 e. The van der Waals surface area contributed by atoms with E-state index in [2.05, 4.69) is 21.1 Å². The largest absolute Gasteiger partial charge is 0.383 e. The molecule has 1 atom stereocenters. The summed E-state index contributed by atoms with van der Waals surface area (Å²) >= 11 is 0. The summed E-state index contributed by atoms with van der Waals surface area (Å²) in [6.07, 6.45) is 4.68. The highest BCUT2D eigenvalue weighted by Crippen LogP contribution is 2.22. The Morgan fingerprint density at radius 3 is 2.84 bits per heavy atom. The second-order valence-corrected chi connectivity index (χ2v) is 6.29. The van der Waals surface area contributed by atoms with Crippen LogP contribution in [-0.2, 0) is 4.84 Å². The van der Waals surface area contributed by atoms with Crippen molar-refractivity contribution in [2.24, 2.45) is 0 Å². The van der Waals surface area contributed by atoms with Crippen LogP contribution in [0, 0.1) is 11.2 Å². The first-order chi connectivity index (χ1) is 12.0. The fraction of sp³-hybridized carbons (Fsp3) is 0.556.